The molecule has 4 nitrogen and oxygen atoms in total. The Balaban J connectivity index is 1.75. The van der Waals surface area contributed by atoms with E-state index in [4.69, 9.17) is 9.26 Å². The van der Waals surface area contributed by atoms with Gasteiger partial charge in [0.05, 0.1) is 11.1 Å². The molecular weight excluding hydrogens is 357 g/mol. The molecule has 0 aliphatic carbocycles. The second-order valence-electron chi connectivity index (χ2n) is 6.52. The number of nitrogens with zero attached hydrogens (tertiary/aromatic N) is 2. The summed E-state index contributed by atoms with van der Waals surface area (Å²) in [5.74, 6) is 1.03. The zero-order valence-corrected chi connectivity index (χ0v) is 15.2. The fourth-order valence-corrected chi connectivity index (χ4v) is 2.87. The van der Waals surface area contributed by atoms with Crippen molar-refractivity contribution in [2.24, 2.45) is 0 Å². The molecule has 0 N–H and O–H groups in total. The third-order valence-electron chi connectivity index (χ3n) is 4.16. The number of alkyl halides is 3. The third kappa shape index (κ3) is 4.30. The molecule has 0 radical (unpaired) electrons. The molecule has 0 bridgehead atoms. The van der Waals surface area contributed by atoms with E-state index in [1.165, 1.54) is 23.8 Å². The van der Waals surface area contributed by atoms with Crippen LogP contribution in [0.3, 0.4) is 0 Å². The van der Waals surface area contributed by atoms with E-state index in [1.54, 1.807) is 0 Å². The molecule has 0 amide bonds. The van der Waals surface area contributed by atoms with E-state index in [0.717, 1.165) is 11.6 Å². The molecule has 0 saturated heterocycles. The zero-order chi connectivity index (χ0) is 19.6. The first kappa shape index (κ1) is 18.9. The first-order valence-electron chi connectivity index (χ1n) is 8.48. The fourth-order valence-electron chi connectivity index (χ4n) is 2.87. The first-order chi connectivity index (χ1) is 12.8. The lowest BCUT2D eigenvalue weighted by atomic mass is 9.98. The van der Waals surface area contributed by atoms with Crippen molar-refractivity contribution in [1.82, 2.24) is 10.1 Å². The lowest BCUT2D eigenvalue weighted by Gasteiger charge is -2.11. The summed E-state index contributed by atoms with van der Waals surface area (Å²) in [4.78, 5) is 4.04. The van der Waals surface area contributed by atoms with E-state index in [9.17, 15) is 13.2 Å². The Bertz CT molecular complexity index is 933. The van der Waals surface area contributed by atoms with E-state index in [1.807, 2.05) is 25.1 Å². The average Bonchev–Trinajstić information content (AvgIpc) is 3.08. The largest absolute Gasteiger partial charge is 0.485 e. The second kappa shape index (κ2) is 7.42. The molecule has 0 fully saturated rings. The van der Waals surface area contributed by atoms with Gasteiger partial charge in [-0.15, -0.1) is 0 Å². The number of rotatable bonds is 5. The van der Waals surface area contributed by atoms with Crippen LogP contribution >= 0.6 is 0 Å². The van der Waals surface area contributed by atoms with Gasteiger partial charge in [0.2, 0.25) is 5.82 Å². The summed E-state index contributed by atoms with van der Waals surface area (Å²) in [6.45, 7) is 6.23. The van der Waals surface area contributed by atoms with Gasteiger partial charge >= 0.3 is 6.18 Å². The lowest BCUT2D eigenvalue weighted by Crippen LogP contribution is -2.07. The molecule has 0 aliphatic heterocycles. The monoisotopic (exact) mass is 376 g/mol. The van der Waals surface area contributed by atoms with Crippen LogP contribution in [0.1, 0.15) is 42.3 Å². The molecule has 27 heavy (non-hydrogen) atoms. The maximum absolute atomic E-state index is 13.1. The third-order valence-corrected chi connectivity index (χ3v) is 4.16. The minimum atomic E-state index is -4.50. The number of aryl methyl sites for hydroxylation is 1. The maximum atomic E-state index is 13.1. The van der Waals surface area contributed by atoms with Gasteiger partial charge < -0.3 is 9.26 Å². The molecule has 3 aromatic rings. The summed E-state index contributed by atoms with van der Waals surface area (Å²) in [6.07, 6.45) is -4.50. The molecule has 0 saturated carbocycles. The zero-order valence-electron chi connectivity index (χ0n) is 15.2. The summed E-state index contributed by atoms with van der Waals surface area (Å²) in [6, 6.07) is 10.8. The van der Waals surface area contributed by atoms with Crippen LogP contribution in [-0.2, 0) is 12.8 Å². The molecular formula is C20H19F3N2O2. The van der Waals surface area contributed by atoms with Crippen molar-refractivity contribution in [1.29, 1.82) is 0 Å². The Hall–Kier alpha value is -2.83. The fraction of sp³-hybridized carbons (Fsp3) is 0.300. The Kier molecular flexibility index (Phi) is 5.21. The van der Waals surface area contributed by atoms with Crippen LogP contribution in [0.15, 0.2) is 47.0 Å². The highest BCUT2D eigenvalue weighted by Crippen LogP contribution is 2.36. The van der Waals surface area contributed by atoms with E-state index in [0.29, 0.717) is 11.7 Å². The van der Waals surface area contributed by atoms with Crippen LogP contribution in [0.25, 0.3) is 11.5 Å². The predicted octanol–water partition coefficient (Wildman–Crippen LogP) is 5.77. The number of benzene rings is 2. The van der Waals surface area contributed by atoms with Crippen molar-refractivity contribution < 1.29 is 22.4 Å². The summed E-state index contributed by atoms with van der Waals surface area (Å²) >= 11 is 0. The van der Waals surface area contributed by atoms with Crippen molar-refractivity contribution in [2.45, 2.75) is 39.5 Å². The van der Waals surface area contributed by atoms with Gasteiger partial charge in [-0.1, -0.05) is 37.2 Å². The number of hydrogen-bond donors (Lipinski definition) is 0. The van der Waals surface area contributed by atoms with Gasteiger partial charge in [-0.2, -0.15) is 18.2 Å². The topological polar surface area (TPSA) is 48.2 Å². The highest BCUT2D eigenvalue weighted by atomic mass is 19.4. The highest BCUT2D eigenvalue weighted by Gasteiger charge is 2.34. The van der Waals surface area contributed by atoms with E-state index < -0.39 is 11.7 Å². The summed E-state index contributed by atoms with van der Waals surface area (Å²) < 4.78 is 50.0. The summed E-state index contributed by atoms with van der Waals surface area (Å²) in [7, 11) is 0. The number of aromatic nitrogens is 2. The minimum absolute atomic E-state index is 0.00184. The quantitative estimate of drug-likeness (QED) is 0.567. The summed E-state index contributed by atoms with van der Waals surface area (Å²) in [5.41, 5.74) is 1.37. The van der Waals surface area contributed by atoms with Crippen LogP contribution in [0.5, 0.6) is 5.75 Å². The van der Waals surface area contributed by atoms with Crippen molar-refractivity contribution in [2.75, 3.05) is 0 Å². The molecule has 0 aliphatic rings. The number of hydrogen-bond acceptors (Lipinski definition) is 4. The maximum Gasteiger partial charge on any atom is 0.417 e. The van der Waals surface area contributed by atoms with Crippen molar-refractivity contribution >= 4 is 0 Å². The standard InChI is InChI=1S/C20H19F3N2O2/c1-12(2)15-9-8-14(10-13(15)3)26-11-18-24-19(27-25-18)16-6-4-5-7-17(16)20(21,22)23/h4-10,12H,11H2,1-3H3. The molecule has 3 rings (SSSR count). The predicted molar refractivity (Wildman–Crippen MR) is 94.3 cm³/mol. The molecule has 1 heterocycles. The average molecular weight is 376 g/mol. The van der Waals surface area contributed by atoms with Crippen LogP contribution in [0.2, 0.25) is 0 Å². The molecule has 0 atom stereocenters. The minimum Gasteiger partial charge on any atom is -0.485 e. The second-order valence-corrected chi connectivity index (χ2v) is 6.52. The van der Waals surface area contributed by atoms with Gasteiger partial charge in [-0.05, 0) is 48.2 Å². The Morgan fingerprint density at radius 1 is 1.11 bits per heavy atom. The van der Waals surface area contributed by atoms with Crippen molar-refractivity contribution in [3.63, 3.8) is 0 Å². The van der Waals surface area contributed by atoms with Gasteiger partial charge in [-0.3, -0.25) is 0 Å². The first-order valence-corrected chi connectivity index (χ1v) is 8.48. The molecule has 0 spiro atoms. The number of ether oxygens (including phenoxy) is 1. The Labute approximate surface area is 155 Å². The van der Waals surface area contributed by atoms with Gasteiger partial charge in [0.1, 0.15) is 5.75 Å². The smallest absolute Gasteiger partial charge is 0.417 e. The number of halogens is 3. The normalized spacial score (nSPS) is 11.8. The van der Waals surface area contributed by atoms with Crippen LogP contribution in [0, 0.1) is 6.92 Å². The van der Waals surface area contributed by atoms with E-state index in [-0.39, 0.29) is 23.9 Å². The SMILES string of the molecule is Cc1cc(OCc2noc(-c3ccccc3C(F)(F)F)n2)ccc1C(C)C. The molecule has 1 aromatic heterocycles. The molecule has 7 heteroatoms. The van der Waals surface area contributed by atoms with Gasteiger partial charge in [0, 0.05) is 0 Å². The van der Waals surface area contributed by atoms with Gasteiger partial charge in [0.15, 0.2) is 6.61 Å². The molecule has 0 unspecified atom stereocenters. The van der Waals surface area contributed by atoms with E-state index >= 15 is 0 Å². The molecule has 2 aromatic carbocycles. The summed E-state index contributed by atoms with van der Waals surface area (Å²) in [5, 5.41) is 3.72. The molecule has 142 valence electrons. The van der Waals surface area contributed by atoms with Crippen molar-refractivity contribution in [3.05, 3.63) is 65.0 Å². The van der Waals surface area contributed by atoms with E-state index in [2.05, 4.69) is 24.0 Å². The highest BCUT2D eigenvalue weighted by molar-refractivity contribution is 5.59. The van der Waals surface area contributed by atoms with Crippen LogP contribution in [0.4, 0.5) is 13.2 Å². The van der Waals surface area contributed by atoms with Gasteiger partial charge in [0.25, 0.3) is 5.89 Å². The van der Waals surface area contributed by atoms with Crippen molar-refractivity contribution in [3.8, 4) is 17.2 Å². The van der Waals surface area contributed by atoms with Gasteiger partial charge in [-0.25, -0.2) is 0 Å². The lowest BCUT2D eigenvalue weighted by molar-refractivity contribution is -0.137. The van der Waals surface area contributed by atoms with Crippen LogP contribution in [-0.4, -0.2) is 10.1 Å². The Morgan fingerprint density at radius 3 is 2.52 bits per heavy atom. The van der Waals surface area contributed by atoms with Crippen LogP contribution < -0.4 is 4.74 Å². The Morgan fingerprint density at radius 2 is 1.85 bits per heavy atom.